The van der Waals surface area contributed by atoms with Crippen LogP contribution >= 0.6 is 0 Å². The van der Waals surface area contributed by atoms with E-state index in [0.29, 0.717) is 17.2 Å². The third-order valence-corrected chi connectivity index (χ3v) is 6.12. The van der Waals surface area contributed by atoms with Crippen molar-refractivity contribution in [3.8, 4) is 17.3 Å². The number of pyridine rings is 1. The molecule has 2 aromatic heterocycles. The zero-order chi connectivity index (χ0) is 28.0. The van der Waals surface area contributed by atoms with Crippen molar-refractivity contribution in [2.24, 2.45) is 0 Å². The maximum absolute atomic E-state index is 12.7. The summed E-state index contributed by atoms with van der Waals surface area (Å²) < 4.78 is 67.4. The Morgan fingerprint density at radius 1 is 0.872 bits per heavy atom. The van der Waals surface area contributed by atoms with Crippen LogP contribution in [0.4, 0.5) is 24.7 Å². The van der Waals surface area contributed by atoms with Crippen LogP contribution < -0.4 is 5.32 Å². The molecule has 2 heterocycles. The second kappa shape index (κ2) is 11.3. The number of anilines is 2. The van der Waals surface area contributed by atoms with E-state index in [-0.39, 0.29) is 10.7 Å². The van der Waals surface area contributed by atoms with Gasteiger partial charge in [0.05, 0.1) is 21.7 Å². The first-order valence-corrected chi connectivity index (χ1v) is 12.6. The lowest BCUT2D eigenvalue weighted by Gasteiger charge is -2.10. The van der Waals surface area contributed by atoms with Gasteiger partial charge >= 0.3 is 6.18 Å². The summed E-state index contributed by atoms with van der Waals surface area (Å²) in [5.74, 6) is 0.241. The molecule has 196 valence electrons. The van der Waals surface area contributed by atoms with Crippen LogP contribution in [0.2, 0.25) is 0 Å². The average molecular weight is 550 g/mol. The second-order valence-corrected chi connectivity index (χ2v) is 9.39. The number of aromatic nitrogens is 3. The molecular weight excluding hydrogens is 531 g/mol. The fourth-order valence-electron chi connectivity index (χ4n) is 3.42. The summed E-state index contributed by atoms with van der Waals surface area (Å²) in [5.41, 5.74) is 1.68. The molecule has 0 aliphatic rings. The Bertz CT molecular complexity index is 1760. The van der Waals surface area contributed by atoms with Crippen LogP contribution in [0.5, 0.6) is 0 Å². The van der Waals surface area contributed by atoms with Gasteiger partial charge in [0.1, 0.15) is 11.9 Å². The standard InChI is InChI=1S/C21H12F3N5.C6H6O3S/c22-21(23,24)15-5-7-16(8-6-15)27-19-11-18(28-20(12-25)29-19)14-4-3-13-2-1-9-26-17(13)10-14;7-10(8,9)6-4-2-1-3-5-6/h1-11H,(H,27,28,29);1-5H,(H,7,8,9). The number of alkyl halides is 3. The number of hydrogen-bond acceptors (Lipinski definition) is 7. The van der Waals surface area contributed by atoms with Gasteiger partial charge in [-0.15, -0.1) is 0 Å². The number of benzene rings is 3. The molecule has 5 rings (SSSR count). The number of rotatable bonds is 4. The molecular formula is C27H18F3N5O3S. The molecule has 0 aliphatic carbocycles. The van der Waals surface area contributed by atoms with E-state index in [1.165, 1.54) is 24.3 Å². The van der Waals surface area contributed by atoms with Gasteiger partial charge in [0.15, 0.2) is 0 Å². The van der Waals surface area contributed by atoms with Gasteiger partial charge in [-0.05, 0) is 48.5 Å². The lowest BCUT2D eigenvalue weighted by molar-refractivity contribution is -0.137. The minimum atomic E-state index is -4.40. The molecule has 12 heteroatoms. The van der Waals surface area contributed by atoms with Gasteiger partial charge in [-0.25, -0.2) is 9.97 Å². The van der Waals surface area contributed by atoms with Crippen LogP contribution in [0.15, 0.2) is 102 Å². The van der Waals surface area contributed by atoms with Crippen molar-refractivity contribution in [1.29, 1.82) is 5.26 Å². The smallest absolute Gasteiger partial charge is 0.340 e. The third-order valence-electron chi connectivity index (χ3n) is 5.25. The SMILES string of the molecule is N#Cc1nc(Nc2ccc(C(F)(F)F)cc2)cc(-c2ccc3cccnc3c2)n1.O=S(=O)(O)c1ccccc1. The molecule has 0 atom stereocenters. The van der Waals surface area contributed by atoms with Gasteiger partial charge in [-0.2, -0.15) is 26.9 Å². The van der Waals surface area contributed by atoms with E-state index in [2.05, 4.69) is 20.3 Å². The van der Waals surface area contributed by atoms with Gasteiger partial charge in [-0.1, -0.05) is 36.4 Å². The zero-order valence-electron chi connectivity index (χ0n) is 19.8. The third kappa shape index (κ3) is 7.13. The van der Waals surface area contributed by atoms with Crippen molar-refractivity contribution in [1.82, 2.24) is 15.0 Å². The first-order valence-electron chi connectivity index (χ1n) is 11.1. The van der Waals surface area contributed by atoms with E-state index in [1.54, 1.807) is 30.5 Å². The Kier molecular flexibility index (Phi) is 7.85. The van der Waals surface area contributed by atoms with E-state index in [9.17, 15) is 26.9 Å². The molecule has 0 unspecified atom stereocenters. The summed E-state index contributed by atoms with van der Waals surface area (Å²) in [4.78, 5) is 12.6. The predicted octanol–water partition coefficient (Wildman–Crippen LogP) is 6.26. The minimum Gasteiger partial charge on any atom is -0.340 e. The quantitative estimate of drug-likeness (QED) is 0.251. The summed E-state index contributed by atoms with van der Waals surface area (Å²) >= 11 is 0. The van der Waals surface area contributed by atoms with E-state index < -0.39 is 21.9 Å². The van der Waals surface area contributed by atoms with Gasteiger partial charge in [0.25, 0.3) is 10.1 Å². The van der Waals surface area contributed by atoms with Crippen LogP contribution in [0, 0.1) is 11.3 Å². The molecule has 0 radical (unpaired) electrons. The molecule has 0 saturated heterocycles. The molecule has 0 amide bonds. The number of nitrogens with one attached hydrogen (secondary N) is 1. The molecule has 2 N–H and O–H groups in total. The molecule has 0 bridgehead atoms. The lowest BCUT2D eigenvalue weighted by Crippen LogP contribution is -2.05. The van der Waals surface area contributed by atoms with Gasteiger partial charge in [0, 0.05) is 28.9 Å². The molecule has 0 spiro atoms. The maximum Gasteiger partial charge on any atom is 0.416 e. The zero-order valence-corrected chi connectivity index (χ0v) is 20.6. The van der Waals surface area contributed by atoms with Crippen LogP contribution in [-0.2, 0) is 16.3 Å². The number of halogens is 3. The van der Waals surface area contributed by atoms with Crippen molar-refractivity contribution in [2.75, 3.05) is 5.32 Å². The highest BCUT2D eigenvalue weighted by atomic mass is 32.2. The highest BCUT2D eigenvalue weighted by Gasteiger charge is 2.29. The first-order chi connectivity index (χ1) is 18.5. The maximum atomic E-state index is 12.7. The molecule has 3 aromatic carbocycles. The van der Waals surface area contributed by atoms with Crippen molar-refractivity contribution in [3.05, 3.63) is 109 Å². The van der Waals surface area contributed by atoms with Crippen molar-refractivity contribution in [3.63, 3.8) is 0 Å². The lowest BCUT2D eigenvalue weighted by atomic mass is 10.1. The van der Waals surface area contributed by atoms with E-state index in [1.807, 2.05) is 36.4 Å². The van der Waals surface area contributed by atoms with Crippen molar-refractivity contribution in [2.45, 2.75) is 11.1 Å². The normalized spacial score (nSPS) is 11.3. The van der Waals surface area contributed by atoms with Crippen LogP contribution in [0.3, 0.4) is 0 Å². The summed E-state index contributed by atoms with van der Waals surface area (Å²) in [7, 11) is -4.00. The topological polar surface area (TPSA) is 129 Å². The highest BCUT2D eigenvalue weighted by Crippen LogP contribution is 2.31. The largest absolute Gasteiger partial charge is 0.416 e. The van der Waals surface area contributed by atoms with E-state index in [0.717, 1.165) is 28.6 Å². The second-order valence-electron chi connectivity index (χ2n) is 7.97. The van der Waals surface area contributed by atoms with Crippen molar-refractivity contribution >= 4 is 32.5 Å². The molecule has 0 fully saturated rings. The Morgan fingerprint density at radius 2 is 1.59 bits per heavy atom. The van der Waals surface area contributed by atoms with Crippen LogP contribution in [0.1, 0.15) is 11.4 Å². The monoisotopic (exact) mass is 549 g/mol. The summed E-state index contributed by atoms with van der Waals surface area (Å²) in [6.45, 7) is 0. The summed E-state index contributed by atoms with van der Waals surface area (Å²) in [6, 6.07) is 24.9. The first kappa shape index (κ1) is 27.2. The number of nitrogens with zero attached hydrogens (tertiary/aromatic N) is 4. The summed E-state index contributed by atoms with van der Waals surface area (Å²) in [6.07, 6.45) is -2.72. The Labute approximate surface area is 221 Å². The summed E-state index contributed by atoms with van der Waals surface area (Å²) in [5, 5.41) is 13.1. The van der Waals surface area contributed by atoms with Crippen LogP contribution in [-0.4, -0.2) is 27.9 Å². The average Bonchev–Trinajstić information content (AvgIpc) is 2.93. The Morgan fingerprint density at radius 3 is 2.21 bits per heavy atom. The van der Waals surface area contributed by atoms with Crippen molar-refractivity contribution < 1.29 is 26.1 Å². The number of fused-ring (bicyclic) bond motifs is 1. The molecule has 5 aromatic rings. The van der Waals surface area contributed by atoms with Gasteiger partial charge < -0.3 is 5.32 Å². The molecule has 0 saturated carbocycles. The predicted molar refractivity (Wildman–Crippen MR) is 138 cm³/mol. The Hall–Kier alpha value is -4.86. The fourth-order valence-corrected chi connectivity index (χ4v) is 3.92. The van der Waals surface area contributed by atoms with E-state index >= 15 is 0 Å². The molecule has 0 aliphatic heterocycles. The van der Waals surface area contributed by atoms with Gasteiger partial charge in [0.2, 0.25) is 5.82 Å². The molecule has 8 nitrogen and oxygen atoms in total. The minimum absolute atomic E-state index is 0.0574. The van der Waals surface area contributed by atoms with E-state index in [4.69, 9.17) is 4.55 Å². The fraction of sp³-hybridized carbons (Fsp3) is 0.0370. The number of hydrogen-bond donors (Lipinski definition) is 2. The Balaban J connectivity index is 0.000000298. The molecule has 39 heavy (non-hydrogen) atoms. The van der Waals surface area contributed by atoms with Gasteiger partial charge in [-0.3, -0.25) is 9.54 Å². The number of nitriles is 1. The van der Waals surface area contributed by atoms with Crippen LogP contribution in [0.25, 0.3) is 22.2 Å². The highest BCUT2D eigenvalue weighted by molar-refractivity contribution is 7.85.